The summed E-state index contributed by atoms with van der Waals surface area (Å²) in [4.78, 5) is 0. The highest BCUT2D eigenvalue weighted by Crippen LogP contribution is 2.49. The second-order valence-corrected chi connectivity index (χ2v) is 6.84. The van der Waals surface area contributed by atoms with E-state index in [0.29, 0.717) is 5.41 Å². The van der Waals surface area contributed by atoms with Gasteiger partial charge < -0.3 is 10.5 Å². The maximum absolute atomic E-state index is 6.13. The number of hydrogen-bond donors (Lipinski definition) is 1. The van der Waals surface area contributed by atoms with Crippen molar-refractivity contribution in [2.75, 3.05) is 20.3 Å². The zero-order chi connectivity index (χ0) is 14.1. The fourth-order valence-electron chi connectivity index (χ4n) is 3.96. The Labute approximate surface area is 122 Å². The van der Waals surface area contributed by atoms with Gasteiger partial charge in [-0.2, -0.15) is 0 Å². The Morgan fingerprint density at radius 2 is 1.45 bits per heavy atom. The van der Waals surface area contributed by atoms with Crippen LogP contribution in [0.25, 0.3) is 0 Å². The molecular weight excluding hydrogens is 246 g/mol. The summed E-state index contributed by atoms with van der Waals surface area (Å²) in [7, 11) is 1.81. The van der Waals surface area contributed by atoms with E-state index in [1.54, 1.807) is 7.11 Å². The molecule has 0 heterocycles. The predicted molar refractivity (Wildman–Crippen MR) is 83.0 cm³/mol. The van der Waals surface area contributed by atoms with E-state index in [2.05, 4.69) is 24.3 Å². The number of rotatable bonds is 5. The molecule has 2 heteroatoms. The van der Waals surface area contributed by atoms with Gasteiger partial charge in [-0.3, -0.25) is 0 Å². The molecule has 2 fully saturated rings. The van der Waals surface area contributed by atoms with Crippen molar-refractivity contribution in [3.8, 4) is 0 Å². The van der Waals surface area contributed by atoms with Crippen molar-refractivity contribution in [3.63, 3.8) is 0 Å². The first-order valence-electron chi connectivity index (χ1n) is 8.05. The lowest BCUT2D eigenvalue weighted by molar-refractivity contribution is 0.171. The predicted octanol–water partition coefficient (Wildman–Crippen LogP) is 3.53. The van der Waals surface area contributed by atoms with Gasteiger partial charge in [0.25, 0.3) is 0 Å². The van der Waals surface area contributed by atoms with Crippen molar-refractivity contribution in [1.29, 1.82) is 0 Å². The van der Waals surface area contributed by atoms with Crippen LogP contribution in [0.1, 0.15) is 56.1 Å². The van der Waals surface area contributed by atoms with Crippen LogP contribution in [0.3, 0.4) is 0 Å². The highest BCUT2D eigenvalue weighted by Gasteiger charge is 2.44. The lowest BCUT2D eigenvalue weighted by atomic mass is 9.69. The van der Waals surface area contributed by atoms with Crippen molar-refractivity contribution >= 4 is 0 Å². The van der Waals surface area contributed by atoms with Gasteiger partial charge >= 0.3 is 0 Å². The normalized spacial score (nSPS) is 23.5. The summed E-state index contributed by atoms with van der Waals surface area (Å²) in [6.07, 6.45) is 9.07. The van der Waals surface area contributed by atoms with Crippen LogP contribution in [0.2, 0.25) is 0 Å². The summed E-state index contributed by atoms with van der Waals surface area (Å²) in [6, 6.07) is 9.33. The molecule has 0 bridgehead atoms. The van der Waals surface area contributed by atoms with Crippen LogP contribution in [0.15, 0.2) is 24.3 Å². The van der Waals surface area contributed by atoms with Crippen LogP contribution < -0.4 is 5.73 Å². The molecule has 2 aliphatic rings. The molecule has 20 heavy (non-hydrogen) atoms. The Hall–Kier alpha value is -0.860. The molecule has 0 amide bonds. The standard InChI is InChI=1S/C18H27NO/c1-20-14-18(11-12-18)16-7-5-15(6-8-16)17(13-19)9-3-2-4-10-17/h5-8H,2-4,9-14,19H2,1H3. The molecule has 0 aromatic heterocycles. The van der Waals surface area contributed by atoms with Crippen molar-refractivity contribution < 1.29 is 4.74 Å². The number of methoxy groups -OCH3 is 1. The average molecular weight is 273 g/mol. The van der Waals surface area contributed by atoms with E-state index in [0.717, 1.165) is 13.2 Å². The summed E-state index contributed by atoms with van der Waals surface area (Å²) in [6.45, 7) is 1.64. The Morgan fingerprint density at radius 1 is 0.900 bits per heavy atom. The van der Waals surface area contributed by atoms with Gasteiger partial charge in [-0.05, 0) is 36.8 Å². The second-order valence-electron chi connectivity index (χ2n) is 6.84. The van der Waals surface area contributed by atoms with E-state index in [-0.39, 0.29) is 5.41 Å². The molecule has 0 spiro atoms. The van der Waals surface area contributed by atoms with Crippen LogP contribution in [0.5, 0.6) is 0 Å². The van der Waals surface area contributed by atoms with Crippen molar-refractivity contribution in [2.24, 2.45) is 5.73 Å². The van der Waals surface area contributed by atoms with Gasteiger partial charge in [-0.1, -0.05) is 43.5 Å². The molecule has 0 saturated heterocycles. The third kappa shape index (κ3) is 2.40. The van der Waals surface area contributed by atoms with Gasteiger partial charge in [0, 0.05) is 24.5 Å². The molecule has 2 aliphatic carbocycles. The Morgan fingerprint density at radius 3 is 1.90 bits per heavy atom. The zero-order valence-corrected chi connectivity index (χ0v) is 12.7. The van der Waals surface area contributed by atoms with Crippen molar-refractivity contribution in [3.05, 3.63) is 35.4 Å². The number of ether oxygens (including phenoxy) is 1. The fourth-order valence-corrected chi connectivity index (χ4v) is 3.96. The molecule has 3 rings (SSSR count). The van der Waals surface area contributed by atoms with Crippen molar-refractivity contribution in [2.45, 2.75) is 55.8 Å². The van der Waals surface area contributed by atoms with E-state index in [1.807, 2.05) is 0 Å². The van der Waals surface area contributed by atoms with E-state index in [1.165, 1.54) is 56.1 Å². The molecule has 1 aromatic carbocycles. The van der Waals surface area contributed by atoms with Gasteiger partial charge in [0.2, 0.25) is 0 Å². The highest BCUT2D eigenvalue weighted by atomic mass is 16.5. The third-order valence-corrected chi connectivity index (χ3v) is 5.59. The third-order valence-electron chi connectivity index (χ3n) is 5.59. The Bertz CT molecular complexity index is 441. The Balaban J connectivity index is 1.82. The minimum absolute atomic E-state index is 0.245. The van der Waals surface area contributed by atoms with Gasteiger partial charge in [-0.25, -0.2) is 0 Å². The average Bonchev–Trinajstić information content (AvgIpc) is 3.29. The van der Waals surface area contributed by atoms with E-state index >= 15 is 0 Å². The maximum Gasteiger partial charge on any atom is 0.0559 e. The quantitative estimate of drug-likeness (QED) is 0.891. The first-order chi connectivity index (χ1) is 9.75. The van der Waals surface area contributed by atoms with Crippen LogP contribution in [0.4, 0.5) is 0 Å². The monoisotopic (exact) mass is 273 g/mol. The largest absolute Gasteiger partial charge is 0.384 e. The highest BCUT2D eigenvalue weighted by molar-refractivity contribution is 5.37. The van der Waals surface area contributed by atoms with Gasteiger partial charge in [-0.15, -0.1) is 0 Å². The minimum atomic E-state index is 0.245. The second kappa shape index (κ2) is 5.50. The number of hydrogen-bond acceptors (Lipinski definition) is 2. The number of nitrogens with two attached hydrogens (primary N) is 1. The van der Waals surface area contributed by atoms with Crippen LogP contribution >= 0.6 is 0 Å². The van der Waals surface area contributed by atoms with E-state index in [9.17, 15) is 0 Å². The molecule has 0 aliphatic heterocycles. The lowest BCUT2D eigenvalue weighted by Crippen LogP contribution is -2.37. The topological polar surface area (TPSA) is 35.2 Å². The molecule has 2 nitrogen and oxygen atoms in total. The zero-order valence-electron chi connectivity index (χ0n) is 12.7. The maximum atomic E-state index is 6.13. The molecule has 2 saturated carbocycles. The summed E-state index contributed by atoms with van der Waals surface area (Å²) in [5.74, 6) is 0. The van der Waals surface area contributed by atoms with E-state index < -0.39 is 0 Å². The Kier molecular flexibility index (Phi) is 3.87. The first-order valence-corrected chi connectivity index (χ1v) is 8.05. The van der Waals surface area contributed by atoms with Gasteiger partial charge in [0.1, 0.15) is 0 Å². The molecule has 0 radical (unpaired) electrons. The molecule has 110 valence electrons. The summed E-state index contributed by atoms with van der Waals surface area (Å²) >= 11 is 0. The van der Waals surface area contributed by atoms with Crippen LogP contribution in [0, 0.1) is 0 Å². The van der Waals surface area contributed by atoms with Gasteiger partial charge in [0.05, 0.1) is 6.61 Å². The molecule has 1 aromatic rings. The summed E-state index contributed by atoms with van der Waals surface area (Å²) in [5, 5.41) is 0. The molecule has 0 unspecified atom stereocenters. The fraction of sp³-hybridized carbons (Fsp3) is 0.667. The minimum Gasteiger partial charge on any atom is -0.384 e. The summed E-state index contributed by atoms with van der Waals surface area (Å²) < 4.78 is 5.39. The van der Waals surface area contributed by atoms with Gasteiger partial charge in [0.15, 0.2) is 0 Å². The molecule has 2 N–H and O–H groups in total. The lowest BCUT2D eigenvalue weighted by Gasteiger charge is -2.37. The first kappa shape index (κ1) is 14.1. The van der Waals surface area contributed by atoms with Crippen LogP contribution in [-0.4, -0.2) is 20.3 Å². The van der Waals surface area contributed by atoms with Crippen LogP contribution in [-0.2, 0) is 15.6 Å². The smallest absolute Gasteiger partial charge is 0.0559 e. The molecule has 0 atom stereocenters. The summed E-state index contributed by atoms with van der Waals surface area (Å²) in [5.41, 5.74) is 9.60. The van der Waals surface area contributed by atoms with Crippen molar-refractivity contribution in [1.82, 2.24) is 0 Å². The molecular formula is C18H27NO. The van der Waals surface area contributed by atoms with E-state index in [4.69, 9.17) is 10.5 Å². The SMILES string of the molecule is COCC1(c2ccc(C3(CN)CCCCC3)cc2)CC1. The number of benzene rings is 1.